The maximum Gasteiger partial charge on any atom is 0.273 e. The van der Waals surface area contributed by atoms with E-state index in [2.05, 4.69) is 10.5 Å². The fraction of sp³-hybridized carbons (Fsp3) is 0.385. The molecule has 0 aliphatic carbocycles. The molecule has 0 aromatic carbocycles. The number of nitrogens with zero attached hydrogens (tertiary/aromatic N) is 1. The minimum Gasteiger partial charge on any atom is -0.391 e. The number of rotatable bonds is 5. The van der Waals surface area contributed by atoms with E-state index in [4.69, 9.17) is 4.52 Å². The van der Waals surface area contributed by atoms with Crippen LogP contribution in [0.1, 0.15) is 24.3 Å². The van der Waals surface area contributed by atoms with Crippen LogP contribution in [0.5, 0.6) is 0 Å². The summed E-state index contributed by atoms with van der Waals surface area (Å²) in [5.74, 6) is 0.329. The van der Waals surface area contributed by atoms with Gasteiger partial charge in [-0.1, -0.05) is 25.1 Å². The lowest BCUT2D eigenvalue weighted by Gasteiger charge is -2.14. The van der Waals surface area contributed by atoms with Gasteiger partial charge in [-0.2, -0.15) is 0 Å². The van der Waals surface area contributed by atoms with E-state index in [1.165, 1.54) is 11.3 Å². The van der Waals surface area contributed by atoms with Gasteiger partial charge in [0.25, 0.3) is 5.91 Å². The first-order chi connectivity index (χ1) is 9.08. The Morgan fingerprint density at radius 2 is 2.37 bits per heavy atom. The van der Waals surface area contributed by atoms with Crippen LogP contribution in [0.2, 0.25) is 0 Å². The number of aromatic nitrogens is 1. The summed E-state index contributed by atoms with van der Waals surface area (Å²) in [7, 11) is 0. The van der Waals surface area contributed by atoms with Gasteiger partial charge in [0.1, 0.15) is 0 Å². The van der Waals surface area contributed by atoms with Crippen LogP contribution < -0.4 is 5.32 Å². The molecule has 1 amide bonds. The molecule has 0 aliphatic heterocycles. The molecule has 2 aromatic rings. The summed E-state index contributed by atoms with van der Waals surface area (Å²) in [5, 5.41) is 17.9. The normalized spacial score (nSPS) is 12.6. The van der Waals surface area contributed by atoms with Gasteiger partial charge < -0.3 is 14.9 Å². The number of aliphatic hydroxyl groups excluding tert-OH is 1. The van der Waals surface area contributed by atoms with Gasteiger partial charge in [0.2, 0.25) is 0 Å². The molecule has 2 aromatic heterocycles. The molecule has 6 heteroatoms. The van der Waals surface area contributed by atoms with Crippen molar-refractivity contribution in [2.24, 2.45) is 5.92 Å². The molecule has 2 N–H and O–H groups in total. The second-order valence-electron chi connectivity index (χ2n) is 4.58. The van der Waals surface area contributed by atoms with Crippen LogP contribution in [-0.4, -0.2) is 28.8 Å². The fourth-order valence-corrected chi connectivity index (χ4v) is 2.11. The highest BCUT2D eigenvalue weighted by Crippen LogP contribution is 2.24. The lowest BCUT2D eigenvalue weighted by molar-refractivity contribution is 0.0863. The van der Waals surface area contributed by atoms with E-state index in [1.54, 1.807) is 6.07 Å². The summed E-state index contributed by atoms with van der Waals surface area (Å²) in [4.78, 5) is 12.7. The highest BCUT2D eigenvalue weighted by Gasteiger charge is 2.16. The van der Waals surface area contributed by atoms with Gasteiger partial charge in [0, 0.05) is 12.6 Å². The van der Waals surface area contributed by atoms with Crippen LogP contribution >= 0.6 is 11.3 Å². The van der Waals surface area contributed by atoms with Crippen molar-refractivity contribution < 1.29 is 14.4 Å². The zero-order valence-electron chi connectivity index (χ0n) is 10.8. The molecular weight excluding hydrogens is 264 g/mol. The predicted molar refractivity (Wildman–Crippen MR) is 73.0 cm³/mol. The molecule has 0 radical (unpaired) electrons. The summed E-state index contributed by atoms with van der Waals surface area (Å²) < 4.78 is 5.12. The van der Waals surface area contributed by atoms with E-state index in [9.17, 15) is 9.90 Å². The third-order valence-corrected chi connectivity index (χ3v) is 3.63. The lowest BCUT2D eigenvalue weighted by Crippen LogP contribution is -2.34. The van der Waals surface area contributed by atoms with Crippen molar-refractivity contribution in [3.63, 3.8) is 0 Å². The average molecular weight is 280 g/mol. The van der Waals surface area contributed by atoms with Crippen LogP contribution in [0.25, 0.3) is 10.6 Å². The fourth-order valence-electron chi connectivity index (χ4n) is 1.44. The van der Waals surface area contributed by atoms with Crippen molar-refractivity contribution in [3.8, 4) is 10.6 Å². The van der Waals surface area contributed by atoms with E-state index in [0.29, 0.717) is 5.76 Å². The summed E-state index contributed by atoms with van der Waals surface area (Å²) in [6, 6.07) is 5.40. The van der Waals surface area contributed by atoms with Gasteiger partial charge in [-0.15, -0.1) is 11.3 Å². The van der Waals surface area contributed by atoms with E-state index in [-0.39, 0.29) is 24.1 Å². The minimum absolute atomic E-state index is 0.0966. The van der Waals surface area contributed by atoms with Crippen LogP contribution in [0.15, 0.2) is 28.1 Å². The molecule has 5 nitrogen and oxygen atoms in total. The topological polar surface area (TPSA) is 75.4 Å². The van der Waals surface area contributed by atoms with Crippen LogP contribution in [-0.2, 0) is 0 Å². The number of carbonyl (C=O) groups is 1. The van der Waals surface area contributed by atoms with Gasteiger partial charge in [-0.3, -0.25) is 4.79 Å². The standard InChI is InChI=1S/C13H16N2O3S/c1-8(2)10(16)7-14-13(17)9-6-11(18-15-9)12-4-3-5-19-12/h3-6,8,10,16H,7H2,1-2H3,(H,14,17). The zero-order valence-corrected chi connectivity index (χ0v) is 11.6. The molecule has 1 atom stereocenters. The number of carbonyl (C=O) groups excluding carboxylic acids is 1. The van der Waals surface area contributed by atoms with Gasteiger partial charge >= 0.3 is 0 Å². The number of nitrogens with one attached hydrogen (secondary N) is 1. The number of hydrogen-bond acceptors (Lipinski definition) is 5. The lowest BCUT2D eigenvalue weighted by atomic mass is 10.1. The minimum atomic E-state index is -0.562. The third-order valence-electron chi connectivity index (χ3n) is 2.75. The molecule has 0 saturated carbocycles. The molecule has 19 heavy (non-hydrogen) atoms. The average Bonchev–Trinajstić information content (AvgIpc) is 3.04. The van der Waals surface area contributed by atoms with E-state index in [0.717, 1.165) is 4.88 Å². The third kappa shape index (κ3) is 3.42. The SMILES string of the molecule is CC(C)C(O)CNC(=O)c1cc(-c2cccs2)on1. The maximum absolute atomic E-state index is 11.8. The second-order valence-corrected chi connectivity index (χ2v) is 5.52. The molecule has 0 spiro atoms. The van der Waals surface area contributed by atoms with E-state index < -0.39 is 6.10 Å². The molecule has 0 fully saturated rings. The molecular formula is C13H16N2O3S. The number of hydrogen-bond donors (Lipinski definition) is 2. The Morgan fingerprint density at radius 3 is 3.00 bits per heavy atom. The van der Waals surface area contributed by atoms with Crippen molar-refractivity contribution in [1.82, 2.24) is 10.5 Å². The summed E-state index contributed by atoms with van der Waals surface area (Å²) in [6.07, 6.45) is -0.562. The quantitative estimate of drug-likeness (QED) is 0.880. The van der Waals surface area contributed by atoms with Gasteiger partial charge in [-0.25, -0.2) is 0 Å². The van der Waals surface area contributed by atoms with Crippen molar-refractivity contribution >= 4 is 17.2 Å². The first-order valence-electron chi connectivity index (χ1n) is 6.04. The Kier molecular flexibility index (Phi) is 4.34. The number of thiophene rings is 1. The largest absolute Gasteiger partial charge is 0.391 e. The second kappa shape index (κ2) is 5.99. The Morgan fingerprint density at radius 1 is 1.58 bits per heavy atom. The molecule has 2 rings (SSSR count). The molecule has 102 valence electrons. The first kappa shape index (κ1) is 13.8. The Balaban J connectivity index is 1.97. The number of aliphatic hydroxyl groups is 1. The Bertz CT molecular complexity index is 534. The summed E-state index contributed by atoms with van der Waals surface area (Å²) in [6.45, 7) is 3.99. The van der Waals surface area contributed by atoms with Gasteiger partial charge in [0.15, 0.2) is 11.5 Å². The van der Waals surface area contributed by atoms with E-state index in [1.807, 2.05) is 31.4 Å². The highest BCUT2D eigenvalue weighted by atomic mass is 32.1. The zero-order chi connectivity index (χ0) is 13.8. The summed E-state index contributed by atoms with van der Waals surface area (Å²) >= 11 is 1.52. The Hall–Kier alpha value is -1.66. The smallest absolute Gasteiger partial charge is 0.273 e. The molecule has 1 unspecified atom stereocenters. The molecule has 0 bridgehead atoms. The first-order valence-corrected chi connectivity index (χ1v) is 6.92. The van der Waals surface area contributed by atoms with Crippen molar-refractivity contribution in [2.45, 2.75) is 20.0 Å². The maximum atomic E-state index is 11.8. The van der Waals surface area contributed by atoms with Crippen LogP contribution in [0, 0.1) is 5.92 Å². The molecule has 2 heterocycles. The van der Waals surface area contributed by atoms with Gasteiger partial charge in [0.05, 0.1) is 11.0 Å². The van der Waals surface area contributed by atoms with E-state index >= 15 is 0 Å². The molecule has 0 aliphatic rings. The van der Waals surface area contributed by atoms with Gasteiger partial charge in [-0.05, 0) is 17.4 Å². The van der Waals surface area contributed by atoms with Crippen molar-refractivity contribution in [2.75, 3.05) is 6.54 Å². The number of amides is 1. The van der Waals surface area contributed by atoms with Crippen molar-refractivity contribution in [3.05, 3.63) is 29.3 Å². The highest BCUT2D eigenvalue weighted by molar-refractivity contribution is 7.13. The Labute approximate surface area is 115 Å². The summed E-state index contributed by atoms with van der Waals surface area (Å²) in [5.41, 5.74) is 0.222. The monoisotopic (exact) mass is 280 g/mol. The van der Waals surface area contributed by atoms with Crippen molar-refractivity contribution in [1.29, 1.82) is 0 Å². The van der Waals surface area contributed by atoms with Crippen LogP contribution in [0.3, 0.4) is 0 Å². The molecule has 0 saturated heterocycles. The predicted octanol–water partition coefficient (Wildman–Crippen LogP) is 2.15. The van der Waals surface area contributed by atoms with Crippen LogP contribution in [0.4, 0.5) is 0 Å².